The molecule has 3 atom stereocenters. The van der Waals surface area contributed by atoms with Gasteiger partial charge in [0.05, 0.1) is 58.6 Å². The molecule has 0 spiro atoms. The number of hydrogen-bond acceptors (Lipinski definition) is 10. The van der Waals surface area contributed by atoms with Crippen molar-refractivity contribution in [3.63, 3.8) is 0 Å². The fraction of sp³-hybridized carbons (Fsp3) is 0.333. The van der Waals surface area contributed by atoms with Crippen molar-refractivity contribution in [2.75, 3.05) is 43.7 Å². The van der Waals surface area contributed by atoms with Gasteiger partial charge in [0.1, 0.15) is 11.6 Å². The topological polar surface area (TPSA) is 148 Å². The first kappa shape index (κ1) is 29.1. The standard InChI is InChI=1S/C27H30F2N8O4S/c1-15-13-36(14-20(30)25(15)35(2)27(38)41-3)23-7-8-31-12-22(23)33-26-32-11-16-5-6-21(34-37(16)26)24-18(28)9-17(10-19(24)29)42(4,39)40/h5-12,15,20,25H,13-14,30H2,1-4H3,(H,32,33)/t15-,20+,25-/m0/s1. The Balaban J connectivity index is 1.45. The molecule has 3 N–H and O–H groups in total. The van der Waals surface area contributed by atoms with Crippen LogP contribution in [0.25, 0.3) is 16.8 Å². The number of rotatable bonds is 6. The second kappa shape index (κ2) is 11.1. The van der Waals surface area contributed by atoms with Crippen LogP contribution in [0.5, 0.6) is 0 Å². The number of anilines is 3. The maximum atomic E-state index is 14.9. The van der Waals surface area contributed by atoms with Crippen LogP contribution in [0.3, 0.4) is 0 Å². The maximum absolute atomic E-state index is 14.9. The molecule has 222 valence electrons. The summed E-state index contributed by atoms with van der Waals surface area (Å²) in [7, 11) is -0.811. The van der Waals surface area contributed by atoms with Crippen LogP contribution in [-0.2, 0) is 14.6 Å². The van der Waals surface area contributed by atoms with Gasteiger partial charge in [-0.05, 0) is 36.2 Å². The van der Waals surface area contributed by atoms with Crippen molar-refractivity contribution in [1.82, 2.24) is 24.5 Å². The SMILES string of the molecule is COC(=O)N(C)[C@@H]1[C@H](N)CN(c2ccncc2Nc2ncc3ccc(-c4c(F)cc(S(C)(=O)=O)cc4F)nn23)C[C@@H]1C. The van der Waals surface area contributed by atoms with Crippen LogP contribution in [0.4, 0.5) is 30.9 Å². The number of nitrogens with one attached hydrogen (secondary N) is 1. The van der Waals surface area contributed by atoms with E-state index >= 15 is 0 Å². The van der Waals surface area contributed by atoms with E-state index in [4.69, 9.17) is 10.5 Å². The van der Waals surface area contributed by atoms with E-state index in [1.54, 1.807) is 31.7 Å². The van der Waals surface area contributed by atoms with Crippen molar-refractivity contribution in [3.05, 3.63) is 60.6 Å². The van der Waals surface area contributed by atoms with Crippen LogP contribution in [0.15, 0.2) is 53.8 Å². The number of piperidine rings is 1. The minimum absolute atomic E-state index is 0.00854. The summed E-state index contributed by atoms with van der Waals surface area (Å²) in [5.41, 5.74) is 7.93. The van der Waals surface area contributed by atoms with Crippen molar-refractivity contribution in [1.29, 1.82) is 0 Å². The lowest BCUT2D eigenvalue weighted by Crippen LogP contribution is -2.62. The van der Waals surface area contributed by atoms with Gasteiger partial charge in [-0.1, -0.05) is 6.92 Å². The number of aromatic nitrogens is 4. The van der Waals surface area contributed by atoms with E-state index in [0.717, 1.165) is 24.1 Å². The smallest absolute Gasteiger partial charge is 0.409 e. The van der Waals surface area contributed by atoms with Crippen LogP contribution in [-0.4, -0.2) is 84.6 Å². The molecule has 42 heavy (non-hydrogen) atoms. The Kier molecular flexibility index (Phi) is 7.72. The second-order valence-electron chi connectivity index (χ2n) is 10.3. The number of hydrogen-bond donors (Lipinski definition) is 2. The fourth-order valence-corrected chi connectivity index (χ4v) is 6.07. The largest absolute Gasteiger partial charge is 0.453 e. The fourth-order valence-electron chi connectivity index (χ4n) is 5.44. The van der Waals surface area contributed by atoms with E-state index in [1.807, 2.05) is 13.0 Å². The van der Waals surface area contributed by atoms with Gasteiger partial charge in [-0.25, -0.2) is 27.0 Å². The molecule has 0 unspecified atom stereocenters. The second-order valence-corrected chi connectivity index (χ2v) is 12.3. The molecule has 15 heteroatoms. The summed E-state index contributed by atoms with van der Waals surface area (Å²) in [4.78, 5) is 23.9. The van der Waals surface area contributed by atoms with Crippen LogP contribution in [0.1, 0.15) is 6.92 Å². The monoisotopic (exact) mass is 600 g/mol. The van der Waals surface area contributed by atoms with Crippen molar-refractivity contribution in [3.8, 4) is 11.3 Å². The normalized spacial score (nSPS) is 19.1. The molecule has 0 bridgehead atoms. The number of imidazole rings is 1. The van der Waals surface area contributed by atoms with Gasteiger partial charge in [-0.3, -0.25) is 4.98 Å². The number of likely N-dealkylation sites (N-methyl/N-ethyl adjacent to an activating group) is 1. The van der Waals surface area contributed by atoms with Gasteiger partial charge in [0, 0.05) is 38.6 Å². The zero-order chi connectivity index (χ0) is 30.3. The summed E-state index contributed by atoms with van der Waals surface area (Å²) in [6.07, 6.45) is 5.23. The molecule has 1 aromatic carbocycles. The molecular formula is C27H30F2N8O4S. The van der Waals surface area contributed by atoms with E-state index < -0.39 is 38.0 Å². The first-order valence-corrected chi connectivity index (χ1v) is 14.8. The van der Waals surface area contributed by atoms with Gasteiger partial charge in [0.2, 0.25) is 5.95 Å². The van der Waals surface area contributed by atoms with Gasteiger partial charge in [0.25, 0.3) is 0 Å². The third-order valence-electron chi connectivity index (χ3n) is 7.34. The molecule has 5 rings (SSSR count). The first-order valence-electron chi connectivity index (χ1n) is 13.0. The zero-order valence-electron chi connectivity index (χ0n) is 23.3. The minimum Gasteiger partial charge on any atom is -0.453 e. The quantitative estimate of drug-likeness (QED) is 0.338. The van der Waals surface area contributed by atoms with Gasteiger partial charge in [-0.2, -0.15) is 9.61 Å². The first-order chi connectivity index (χ1) is 19.9. The van der Waals surface area contributed by atoms with Crippen LogP contribution >= 0.6 is 0 Å². The van der Waals surface area contributed by atoms with Gasteiger partial charge < -0.3 is 25.6 Å². The lowest BCUT2D eigenvalue weighted by atomic mass is 9.89. The summed E-state index contributed by atoms with van der Waals surface area (Å²) in [5.74, 6) is -1.85. The highest BCUT2D eigenvalue weighted by Gasteiger charge is 2.38. The summed E-state index contributed by atoms with van der Waals surface area (Å²) >= 11 is 0. The van der Waals surface area contributed by atoms with Gasteiger partial charge in [-0.15, -0.1) is 0 Å². The van der Waals surface area contributed by atoms with E-state index in [1.165, 1.54) is 22.6 Å². The predicted octanol–water partition coefficient (Wildman–Crippen LogP) is 3.07. The molecule has 1 amide bonds. The predicted molar refractivity (Wildman–Crippen MR) is 152 cm³/mol. The van der Waals surface area contributed by atoms with Gasteiger partial charge in [0.15, 0.2) is 9.84 Å². The number of nitrogens with zero attached hydrogens (tertiary/aromatic N) is 6. The highest BCUT2D eigenvalue weighted by Crippen LogP contribution is 2.33. The van der Waals surface area contributed by atoms with E-state index in [-0.39, 0.29) is 29.6 Å². The highest BCUT2D eigenvalue weighted by molar-refractivity contribution is 7.90. The highest BCUT2D eigenvalue weighted by atomic mass is 32.2. The Morgan fingerprint density at radius 2 is 1.88 bits per heavy atom. The Morgan fingerprint density at radius 3 is 2.52 bits per heavy atom. The minimum atomic E-state index is -3.81. The third kappa shape index (κ3) is 5.44. The molecule has 1 fully saturated rings. The van der Waals surface area contributed by atoms with Crippen LogP contribution in [0, 0.1) is 17.6 Å². The zero-order valence-corrected chi connectivity index (χ0v) is 24.1. The van der Waals surface area contributed by atoms with Crippen molar-refractivity contribution in [2.45, 2.75) is 23.9 Å². The maximum Gasteiger partial charge on any atom is 0.409 e. The van der Waals surface area contributed by atoms with Crippen molar-refractivity contribution in [2.24, 2.45) is 11.7 Å². The number of nitrogens with two attached hydrogens (primary N) is 1. The number of carbonyl (C=O) groups is 1. The number of ether oxygens (including phenoxy) is 1. The molecule has 1 aliphatic heterocycles. The number of fused-ring (bicyclic) bond motifs is 1. The Hall–Kier alpha value is -4.37. The Bertz CT molecular complexity index is 1730. The van der Waals surface area contributed by atoms with Crippen LogP contribution in [0.2, 0.25) is 0 Å². The Labute approximate surface area is 241 Å². The van der Waals surface area contributed by atoms with E-state index in [9.17, 15) is 22.0 Å². The molecule has 4 aromatic rings. The molecule has 3 aromatic heterocycles. The molecule has 0 saturated carbocycles. The summed E-state index contributed by atoms with van der Waals surface area (Å²) in [6, 6.07) is 5.80. The third-order valence-corrected chi connectivity index (χ3v) is 8.43. The van der Waals surface area contributed by atoms with Crippen LogP contribution < -0.4 is 16.0 Å². The van der Waals surface area contributed by atoms with Gasteiger partial charge >= 0.3 is 6.09 Å². The summed E-state index contributed by atoms with van der Waals surface area (Å²) in [5, 5.41) is 7.61. The molecular weight excluding hydrogens is 570 g/mol. The van der Waals surface area contributed by atoms with E-state index in [0.29, 0.717) is 24.3 Å². The average Bonchev–Trinajstić information content (AvgIpc) is 3.33. The number of pyridine rings is 1. The lowest BCUT2D eigenvalue weighted by Gasteiger charge is -2.45. The summed E-state index contributed by atoms with van der Waals surface area (Å²) in [6.45, 7) is 3.05. The molecule has 12 nitrogen and oxygen atoms in total. The number of benzene rings is 1. The number of amides is 1. The van der Waals surface area contributed by atoms with Crippen molar-refractivity contribution >= 4 is 38.8 Å². The average molecular weight is 601 g/mol. The summed E-state index contributed by atoms with van der Waals surface area (Å²) < 4.78 is 59.7. The molecule has 0 radical (unpaired) electrons. The molecule has 4 heterocycles. The number of carbonyl (C=O) groups excluding carboxylic acids is 1. The molecule has 1 aliphatic rings. The van der Waals surface area contributed by atoms with E-state index in [2.05, 4.69) is 25.3 Å². The number of halogens is 2. The number of sulfone groups is 1. The number of methoxy groups -OCH3 is 1. The van der Waals surface area contributed by atoms with Crippen molar-refractivity contribution < 1.29 is 26.7 Å². The molecule has 0 aliphatic carbocycles. The lowest BCUT2D eigenvalue weighted by molar-refractivity contribution is 0.0906. The molecule has 1 saturated heterocycles. The Morgan fingerprint density at radius 1 is 1.17 bits per heavy atom.